The number of carbonyl (C=O) groups excluding carboxylic acids is 1. The van der Waals surface area contributed by atoms with Crippen LogP contribution < -0.4 is 4.74 Å². The molecule has 1 saturated heterocycles. The fourth-order valence-corrected chi connectivity index (χ4v) is 4.98. The zero-order valence-corrected chi connectivity index (χ0v) is 22.4. The van der Waals surface area contributed by atoms with Gasteiger partial charge in [-0.3, -0.25) is 0 Å². The number of hydrogen-bond acceptors (Lipinski definition) is 6. The largest absolute Gasteiger partial charge is 0.591 e. The number of ether oxygens (including phenoxy) is 2. The Labute approximate surface area is 225 Å². The molecule has 1 aliphatic carbocycles. The molecule has 7 nitrogen and oxygen atoms in total. The number of hydrogen-bond donors (Lipinski definition) is 0. The summed E-state index contributed by atoms with van der Waals surface area (Å²) in [5, 5.41) is 0. The first kappa shape index (κ1) is 26.2. The van der Waals surface area contributed by atoms with Crippen LogP contribution in [0.15, 0.2) is 71.1 Å². The summed E-state index contributed by atoms with van der Waals surface area (Å²) in [4.78, 5) is 18.9. The Bertz CT molecular complexity index is 1300. The van der Waals surface area contributed by atoms with Gasteiger partial charge < -0.3 is 18.9 Å². The SMILES string of the molecule is CC(C)(C)[S+]([O-])/N=C\c1cc(OC2[C@H]3CN(C(=O)OCc4ccccc4)C[C@@H]23)nc(-c2ccc(F)cc2)c1. The van der Waals surface area contributed by atoms with Crippen molar-refractivity contribution < 1.29 is 23.2 Å². The second kappa shape index (κ2) is 10.7. The summed E-state index contributed by atoms with van der Waals surface area (Å²) in [5.41, 5.74) is 2.96. The van der Waals surface area contributed by atoms with E-state index in [0.29, 0.717) is 30.2 Å². The van der Waals surface area contributed by atoms with E-state index in [1.165, 1.54) is 12.1 Å². The summed E-state index contributed by atoms with van der Waals surface area (Å²) >= 11 is -1.41. The van der Waals surface area contributed by atoms with E-state index in [9.17, 15) is 13.7 Å². The first-order valence-electron chi connectivity index (χ1n) is 12.5. The first-order chi connectivity index (χ1) is 18.2. The van der Waals surface area contributed by atoms with E-state index in [4.69, 9.17) is 9.47 Å². The number of amides is 1. The number of piperidine rings is 1. The van der Waals surface area contributed by atoms with Crippen molar-refractivity contribution in [3.8, 4) is 17.1 Å². The lowest BCUT2D eigenvalue weighted by Crippen LogP contribution is -2.33. The minimum absolute atomic E-state index is 0.0577. The molecule has 2 heterocycles. The zero-order valence-electron chi connectivity index (χ0n) is 21.5. The minimum atomic E-state index is -1.41. The van der Waals surface area contributed by atoms with Crippen molar-refractivity contribution in [2.75, 3.05) is 13.1 Å². The lowest BCUT2D eigenvalue weighted by molar-refractivity contribution is 0.0945. The molecule has 0 radical (unpaired) electrons. The number of pyridine rings is 1. The van der Waals surface area contributed by atoms with Crippen LogP contribution >= 0.6 is 0 Å². The van der Waals surface area contributed by atoms with Crippen LogP contribution in [0.5, 0.6) is 5.88 Å². The Morgan fingerprint density at radius 2 is 1.82 bits per heavy atom. The molecule has 1 aromatic heterocycles. The van der Waals surface area contributed by atoms with Gasteiger partial charge in [0.25, 0.3) is 0 Å². The quantitative estimate of drug-likeness (QED) is 0.298. The smallest absolute Gasteiger partial charge is 0.410 e. The molecule has 1 saturated carbocycles. The lowest BCUT2D eigenvalue weighted by Gasteiger charge is -2.20. The second-order valence-electron chi connectivity index (χ2n) is 10.6. The van der Waals surface area contributed by atoms with Crippen molar-refractivity contribution in [2.45, 2.75) is 38.2 Å². The minimum Gasteiger partial charge on any atom is -0.591 e. The van der Waals surface area contributed by atoms with Crippen LogP contribution in [0.3, 0.4) is 0 Å². The van der Waals surface area contributed by atoms with Crippen molar-refractivity contribution in [3.63, 3.8) is 0 Å². The third kappa shape index (κ3) is 6.16. The maximum atomic E-state index is 13.5. The molecule has 2 unspecified atom stereocenters. The van der Waals surface area contributed by atoms with Gasteiger partial charge in [-0.1, -0.05) is 34.7 Å². The Hall–Kier alpha value is -3.43. The summed E-state index contributed by atoms with van der Waals surface area (Å²) < 4.78 is 41.4. The Balaban J connectivity index is 1.25. The molecule has 9 heteroatoms. The molecule has 2 aliphatic rings. The molecular formula is C29H30FN3O4S. The number of nitrogens with zero attached hydrogens (tertiary/aromatic N) is 3. The van der Waals surface area contributed by atoms with E-state index in [1.54, 1.807) is 29.3 Å². The molecule has 38 heavy (non-hydrogen) atoms. The van der Waals surface area contributed by atoms with Crippen molar-refractivity contribution in [1.82, 2.24) is 9.88 Å². The van der Waals surface area contributed by atoms with Gasteiger partial charge in [0.15, 0.2) is 0 Å². The highest BCUT2D eigenvalue weighted by Gasteiger charge is 2.59. The topological polar surface area (TPSA) is 87.1 Å². The van der Waals surface area contributed by atoms with Crippen LogP contribution in [0.1, 0.15) is 31.9 Å². The molecule has 0 spiro atoms. The van der Waals surface area contributed by atoms with Crippen LogP contribution in [-0.2, 0) is 22.7 Å². The van der Waals surface area contributed by atoms with Gasteiger partial charge in [0, 0.05) is 42.1 Å². The Morgan fingerprint density at radius 3 is 2.47 bits per heavy atom. The predicted molar refractivity (Wildman–Crippen MR) is 145 cm³/mol. The highest BCUT2D eigenvalue weighted by molar-refractivity contribution is 7.91. The standard InChI is InChI=1S/C29H30FN3O4S/c1-29(2,3)38(35)31-15-20-13-25(21-9-11-22(30)12-10-21)32-26(14-20)37-27-23-16-33(17-24(23)27)28(34)36-18-19-7-5-4-6-8-19/h4-15,23-24,27H,16-18H2,1-3H3/b31-15-/t23-,24+,27?,38?. The normalized spacial score (nSPS) is 21.3. The van der Waals surface area contributed by atoms with Gasteiger partial charge in [0.2, 0.25) is 5.88 Å². The highest BCUT2D eigenvalue weighted by Crippen LogP contribution is 2.48. The molecule has 2 fully saturated rings. The molecule has 1 amide bonds. The predicted octanol–water partition coefficient (Wildman–Crippen LogP) is 5.41. The zero-order chi connectivity index (χ0) is 26.9. The molecule has 4 atom stereocenters. The van der Waals surface area contributed by atoms with Crippen LogP contribution in [0.25, 0.3) is 11.3 Å². The Kier molecular flexibility index (Phi) is 7.40. The maximum Gasteiger partial charge on any atom is 0.410 e. The highest BCUT2D eigenvalue weighted by atomic mass is 32.2. The number of aromatic nitrogens is 1. The number of rotatable bonds is 7. The van der Waals surface area contributed by atoms with E-state index in [2.05, 4.69) is 9.38 Å². The van der Waals surface area contributed by atoms with Crippen molar-refractivity contribution in [2.24, 2.45) is 16.2 Å². The van der Waals surface area contributed by atoms with Gasteiger partial charge in [0.05, 0.1) is 11.9 Å². The van der Waals surface area contributed by atoms with Crippen LogP contribution in [0.4, 0.5) is 9.18 Å². The van der Waals surface area contributed by atoms with Gasteiger partial charge in [-0.05, 0) is 56.7 Å². The van der Waals surface area contributed by atoms with Crippen molar-refractivity contribution in [3.05, 3.63) is 83.7 Å². The summed E-state index contributed by atoms with van der Waals surface area (Å²) in [6.45, 7) is 6.96. The molecule has 0 bridgehead atoms. The van der Waals surface area contributed by atoms with Crippen LogP contribution in [-0.4, -0.2) is 50.7 Å². The third-order valence-electron chi connectivity index (χ3n) is 6.62. The van der Waals surface area contributed by atoms with Gasteiger partial charge in [0.1, 0.15) is 34.6 Å². The van der Waals surface area contributed by atoms with E-state index in [0.717, 1.165) is 11.1 Å². The van der Waals surface area contributed by atoms with Crippen LogP contribution in [0, 0.1) is 17.7 Å². The van der Waals surface area contributed by atoms with Gasteiger partial charge in [-0.15, -0.1) is 0 Å². The first-order valence-corrected chi connectivity index (χ1v) is 13.6. The fraction of sp³-hybridized carbons (Fsp3) is 0.345. The summed E-state index contributed by atoms with van der Waals surface area (Å²) in [5.74, 6) is 0.496. The number of halogens is 1. The van der Waals surface area contributed by atoms with E-state index in [-0.39, 0.29) is 36.5 Å². The number of likely N-dealkylation sites (tertiary alicyclic amines) is 1. The third-order valence-corrected chi connectivity index (χ3v) is 7.97. The Morgan fingerprint density at radius 1 is 1.13 bits per heavy atom. The van der Waals surface area contributed by atoms with Crippen molar-refractivity contribution >= 4 is 23.7 Å². The second-order valence-corrected chi connectivity index (χ2v) is 12.5. The molecule has 5 rings (SSSR count). The van der Waals surface area contributed by atoms with Crippen molar-refractivity contribution in [1.29, 1.82) is 0 Å². The summed E-state index contributed by atoms with van der Waals surface area (Å²) in [6, 6.07) is 19.2. The molecule has 1 aliphatic heterocycles. The van der Waals surface area contributed by atoms with Gasteiger partial charge >= 0.3 is 6.09 Å². The number of benzene rings is 2. The van der Waals surface area contributed by atoms with Gasteiger partial charge in [-0.25, -0.2) is 14.2 Å². The van der Waals surface area contributed by atoms with Gasteiger partial charge in [-0.2, -0.15) is 0 Å². The van der Waals surface area contributed by atoms with E-state index in [1.807, 2.05) is 57.2 Å². The molecule has 3 aromatic rings. The number of fused-ring (bicyclic) bond motifs is 1. The summed E-state index contributed by atoms with van der Waals surface area (Å²) in [7, 11) is 0. The fourth-order valence-electron chi connectivity index (χ4n) is 4.44. The molecule has 0 N–H and O–H groups in total. The molecule has 198 valence electrons. The molecular weight excluding hydrogens is 505 g/mol. The monoisotopic (exact) mass is 535 g/mol. The van der Waals surface area contributed by atoms with Crippen LogP contribution in [0.2, 0.25) is 0 Å². The maximum absolute atomic E-state index is 13.5. The lowest BCUT2D eigenvalue weighted by atomic mass is 10.1. The average Bonchev–Trinajstić information content (AvgIpc) is 3.31. The number of carbonyl (C=O) groups is 1. The van der Waals surface area contributed by atoms with E-state index >= 15 is 0 Å². The summed E-state index contributed by atoms with van der Waals surface area (Å²) in [6.07, 6.45) is 1.18. The van der Waals surface area contributed by atoms with E-state index < -0.39 is 16.1 Å². The average molecular weight is 536 g/mol. The molecule has 2 aromatic carbocycles.